The summed E-state index contributed by atoms with van der Waals surface area (Å²) < 4.78 is 0. The van der Waals surface area contributed by atoms with E-state index in [1.807, 2.05) is 13.8 Å². The Kier molecular flexibility index (Phi) is 3.58. The summed E-state index contributed by atoms with van der Waals surface area (Å²) in [6, 6.07) is -0.794. The molecule has 1 atom stereocenters. The third-order valence-electron chi connectivity index (χ3n) is 4.11. The third kappa shape index (κ3) is 2.30. The number of amides is 1. The monoisotopic (exact) mass is 279 g/mol. The lowest BCUT2D eigenvalue weighted by Gasteiger charge is -2.44. The van der Waals surface area contributed by atoms with Crippen LogP contribution < -0.4 is 0 Å². The van der Waals surface area contributed by atoms with Gasteiger partial charge in [-0.1, -0.05) is 13.8 Å². The van der Waals surface area contributed by atoms with E-state index in [9.17, 15) is 14.7 Å². The molecule has 1 amide bonds. The van der Waals surface area contributed by atoms with Gasteiger partial charge in [0.2, 0.25) is 0 Å². The minimum absolute atomic E-state index is 0.242. The van der Waals surface area contributed by atoms with Crippen LogP contribution in [0.2, 0.25) is 0 Å². The van der Waals surface area contributed by atoms with E-state index in [0.29, 0.717) is 23.5 Å². The quantitative estimate of drug-likeness (QED) is 0.863. The number of piperidine rings is 1. The zero-order chi connectivity index (χ0) is 15.1. The lowest BCUT2D eigenvalue weighted by molar-refractivity contribution is -0.148. The van der Waals surface area contributed by atoms with Crippen LogP contribution in [0.1, 0.15) is 48.4 Å². The van der Waals surface area contributed by atoms with Gasteiger partial charge in [-0.2, -0.15) is 5.10 Å². The average molecular weight is 279 g/mol. The number of likely N-dealkylation sites (tertiary alicyclic amines) is 1. The van der Waals surface area contributed by atoms with E-state index >= 15 is 0 Å². The van der Waals surface area contributed by atoms with Gasteiger partial charge in [-0.15, -0.1) is 0 Å². The molecule has 0 aliphatic carbocycles. The van der Waals surface area contributed by atoms with E-state index in [2.05, 4.69) is 10.2 Å². The highest BCUT2D eigenvalue weighted by atomic mass is 16.4. The molecule has 2 N–H and O–H groups in total. The molecule has 6 heteroatoms. The van der Waals surface area contributed by atoms with Crippen LogP contribution in [0, 0.1) is 19.3 Å². The summed E-state index contributed by atoms with van der Waals surface area (Å²) in [4.78, 5) is 25.8. The zero-order valence-electron chi connectivity index (χ0n) is 12.4. The Bertz CT molecular complexity index is 528. The number of nitrogens with one attached hydrogen (secondary N) is 1. The van der Waals surface area contributed by atoms with E-state index in [0.717, 1.165) is 12.8 Å². The van der Waals surface area contributed by atoms with E-state index in [1.54, 1.807) is 13.8 Å². The van der Waals surface area contributed by atoms with Gasteiger partial charge in [-0.25, -0.2) is 4.79 Å². The van der Waals surface area contributed by atoms with Crippen LogP contribution in [-0.2, 0) is 4.79 Å². The Balaban J connectivity index is 2.39. The van der Waals surface area contributed by atoms with Gasteiger partial charge >= 0.3 is 5.97 Å². The second kappa shape index (κ2) is 4.92. The first kappa shape index (κ1) is 14.6. The molecular formula is C14H21N3O3. The number of hydrogen-bond donors (Lipinski definition) is 2. The van der Waals surface area contributed by atoms with Crippen molar-refractivity contribution >= 4 is 11.9 Å². The van der Waals surface area contributed by atoms with E-state index in [4.69, 9.17) is 0 Å². The predicted molar refractivity (Wildman–Crippen MR) is 73.5 cm³/mol. The number of carbonyl (C=O) groups excluding carboxylic acids is 1. The third-order valence-corrected chi connectivity index (χ3v) is 4.11. The van der Waals surface area contributed by atoms with Crippen molar-refractivity contribution in [2.45, 2.75) is 46.6 Å². The molecule has 0 saturated carbocycles. The predicted octanol–water partition coefficient (Wildman–Crippen LogP) is 1.74. The standard InChI is InChI=1S/C14H21N3O3/c1-8-10(9(2)16-15-8)12(18)17-7-5-6-14(3,4)11(17)13(19)20/h11H,5-7H2,1-4H3,(H,15,16)(H,19,20). The highest BCUT2D eigenvalue weighted by molar-refractivity contribution is 5.98. The first-order valence-electron chi connectivity index (χ1n) is 6.81. The Labute approximate surface area is 118 Å². The van der Waals surface area contributed by atoms with Gasteiger partial charge in [0.15, 0.2) is 0 Å². The fourth-order valence-electron chi connectivity index (χ4n) is 3.09. The van der Waals surface area contributed by atoms with Crippen LogP contribution in [0.4, 0.5) is 0 Å². The molecule has 0 radical (unpaired) electrons. The van der Waals surface area contributed by atoms with Crippen LogP contribution in [0.3, 0.4) is 0 Å². The highest BCUT2D eigenvalue weighted by Crippen LogP contribution is 2.36. The maximum Gasteiger partial charge on any atom is 0.326 e. The van der Waals surface area contributed by atoms with Crippen LogP contribution in [0.25, 0.3) is 0 Å². The molecule has 1 aliphatic rings. The number of rotatable bonds is 2. The molecule has 1 saturated heterocycles. The van der Waals surface area contributed by atoms with Crippen molar-refractivity contribution < 1.29 is 14.7 Å². The van der Waals surface area contributed by atoms with Crippen molar-refractivity contribution in [1.29, 1.82) is 0 Å². The van der Waals surface area contributed by atoms with E-state index in [1.165, 1.54) is 4.90 Å². The Hall–Kier alpha value is -1.85. The van der Waals surface area contributed by atoms with Crippen molar-refractivity contribution in [3.63, 3.8) is 0 Å². The van der Waals surface area contributed by atoms with Crippen molar-refractivity contribution in [2.75, 3.05) is 6.54 Å². The van der Waals surface area contributed by atoms with E-state index in [-0.39, 0.29) is 5.91 Å². The highest BCUT2D eigenvalue weighted by Gasteiger charge is 2.45. The Morgan fingerprint density at radius 3 is 2.55 bits per heavy atom. The molecule has 20 heavy (non-hydrogen) atoms. The molecule has 0 aromatic carbocycles. The zero-order valence-corrected chi connectivity index (χ0v) is 12.4. The van der Waals surface area contributed by atoms with Gasteiger partial charge in [0.25, 0.3) is 5.91 Å². The van der Waals surface area contributed by atoms with Gasteiger partial charge < -0.3 is 10.0 Å². The molecule has 1 aromatic rings. The summed E-state index contributed by atoms with van der Waals surface area (Å²) in [5, 5.41) is 16.3. The number of H-pyrrole nitrogens is 1. The van der Waals surface area contributed by atoms with Crippen molar-refractivity contribution in [3.8, 4) is 0 Å². The lowest BCUT2D eigenvalue weighted by Crippen LogP contribution is -2.56. The SMILES string of the molecule is Cc1n[nH]c(C)c1C(=O)N1CCCC(C)(C)C1C(=O)O. The minimum Gasteiger partial charge on any atom is -0.480 e. The molecule has 2 rings (SSSR count). The first-order valence-corrected chi connectivity index (χ1v) is 6.81. The first-order chi connectivity index (χ1) is 9.25. The van der Waals surface area contributed by atoms with E-state index < -0.39 is 17.4 Å². The number of aliphatic carboxylic acids is 1. The molecule has 1 unspecified atom stereocenters. The Morgan fingerprint density at radius 1 is 1.40 bits per heavy atom. The summed E-state index contributed by atoms with van der Waals surface area (Å²) in [6.45, 7) is 7.81. The minimum atomic E-state index is -0.943. The normalized spacial score (nSPS) is 21.8. The maximum atomic E-state index is 12.7. The number of hydrogen-bond acceptors (Lipinski definition) is 3. The number of nitrogens with zero attached hydrogens (tertiary/aromatic N) is 2. The molecule has 1 aromatic heterocycles. The smallest absolute Gasteiger partial charge is 0.326 e. The summed E-state index contributed by atoms with van der Waals surface area (Å²) in [6.07, 6.45) is 1.62. The van der Waals surface area contributed by atoms with Crippen LogP contribution in [-0.4, -0.2) is 44.7 Å². The Morgan fingerprint density at radius 2 is 2.05 bits per heavy atom. The second-order valence-electron chi connectivity index (χ2n) is 6.14. The lowest BCUT2D eigenvalue weighted by atomic mass is 9.76. The summed E-state index contributed by atoms with van der Waals surface area (Å²) in [7, 11) is 0. The van der Waals surface area contributed by atoms with Crippen LogP contribution in [0.15, 0.2) is 0 Å². The fourth-order valence-corrected chi connectivity index (χ4v) is 3.09. The molecule has 1 aliphatic heterocycles. The van der Waals surface area contributed by atoms with Gasteiger partial charge in [-0.3, -0.25) is 9.89 Å². The maximum absolute atomic E-state index is 12.7. The van der Waals surface area contributed by atoms with Gasteiger partial charge in [-0.05, 0) is 32.1 Å². The van der Waals surface area contributed by atoms with Crippen LogP contribution >= 0.6 is 0 Å². The number of carbonyl (C=O) groups is 2. The van der Waals surface area contributed by atoms with Crippen molar-refractivity contribution in [1.82, 2.24) is 15.1 Å². The molecular weight excluding hydrogens is 258 g/mol. The number of aryl methyl sites for hydroxylation is 2. The number of carboxylic acid groups (broad SMARTS) is 1. The number of aromatic amines is 1. The van der Waals surface area contributed by atoms with Crippen LogP contribution in [0.5, 0.6) is 0 Å². The fraction of sp³-hybridized carbons (Fsp3) is 0.643. The molecule has 1 fully saturated rings. The summed E-state index contributed by atoms with van der Waals surface area (Å²) in [5.41, 5.74) is 1.36. The largest absolute Gasteiger partial charge is 0.480 e. The second-order valence-corrected chi connectivity index (χ2v) is 6.14. The molecule has 0 bridgehead atoms. The number of carboxylic acids is 1. The van der Waals surface area contributed by atoms with Gasteiger partial charge in [0.1, 0.15) is 6.04 Å². The van der Waals surface area contributed by atoms with Crippen molar-refractivity contribution in [2.24, 2.45) is 5.41 Å². The summed E-state index contributed by atoms with van der Waals surface area (Å²) >= 11 is 0. The summed E-state index contributed by atoms with van der Waals surface area (Å²) in [5.74, 6) is -1.18. The van der Waals surface area contributed by atoms with Crippen molar-refractivity contribution in [3.05, 3.63) is 17.0 Å². The molecule has 2 heterocycles. The molecule has 0 spiro atoms. The average Bonchev–Trinajstić information content (AvgIpc) is 2.66. The van der Waals surface area contributed by atoms with Gasteiger partial charge in [0.05, 0.1) is 11.3 Å². The molecule has 110 valence electrons. The molecule has 6 nitrogen and oxygen atoms in total. The topological polar surface area (TPSA) is 86.3 Å². The number of aromatic nitrogens is 2. The van der Waals surface area contributed by atoms with Gasteiger partial charge in [0, 0.05) is 12.2 Å².